The molecule has 0 fully saturated rings. The van der Waals surface area contributed by atoms with Crippen LogP contribution in [0.5, 0.6) is 5.75 Å². The predicted octanol–water partition coefficient (Wildman–Crippen LogP) is 5.51. The van der Waals surface area contributed by atoms with E-state index in [1.165, 1.54) is 18.2 Å². The minimum atomic E-state index is -4.05. The van der Waals surface area contributed by atoms with E-state index in [9.17, 15) is 18.5 Å². The van der Waals surface area contributed by atoms with E-state index in [0.29, 0.717) is 14.5 Å². The van der Waals surface area contributed by atoms with Gasteiger partial charge in [-0.3, -0.25) is 4.79 Å². The highest BCUT2D eigenvalue weighted by Gasteiger charge is 2.21. The molecule has 3 aromatic rings. The fraction of sp³-hybridized carbons (Fsp3) is 0.0833. The van der Waals surface area contributed by atoms with Crippen molar-refractivity contribution in [2.24, 2.45) is 0 Å². The molecule has 0 aliphatic rings. The zero-order chi connectivity index (χ0) is 24.0. The van der Waals surface area contributed by atoms with Gasteiger partial charge in [0.25, 0.3) is 5.91 Å². The van der Waals surface area contributed by atoms with Gasteiger partial charge in [0.1, 0.15) is 16.5 Å². The molecule has 0 saturated heterocycles. The number of hydrogen-bond donors (Lipinski definition) is 1. The van der Waals surface area contributed by atoms with Gasteiger partial charge in [0.15, 0.2) is 5.75 Å². The van der Waals surface area contributed by atoms with E-state index in [2.05, 4.69) is 37.2 Å². The molecule has 33 heavy (non-hydrogen) atoms. The van der Waals surface area contributed by atoms with Crippen LogP contribution in [0.1, 0.15) is 16.7 Å². The molecule has 0 unspecified atom stereocenters. The number of nitrogens with zero attached hydrogens (tertiary/aromatic N) is 1. The van der Waals surface area contributed by atoms with Crippen LogP contribution < -0.4 is 9.50 Å². The van der Waals surface area contributed by atoms with E-state index in [1.807, 2.05) is 43.3 Å². The monoisotopic (exact) mass is 588 g/mol. The molecule has 168 valence electrons. The Kier molecular flexibility index (Phi) is 8.08. The summed E-state index contributed by atoms with van der Waals surface area (Å²) in [6.45, 7) is 2.14. The van der Waals surface area contributed by atoms with Crippen LogP contribution in [0, 0.1) is 18.3 Å². The Hall–Kier alpha value is -2.93. The summed E-state index contributed by atoms with van der Waals surface area (Å²) in [6.07, 6.45) is 1.41. The van der Waals surface area contributed by atoms with Gasteiger partial charge < -0.3 is 9.50 Å². The van der Waals surface area contributed by atoms with Crippen molar-refractivity contribution >= 4 is 54.0 Å². The van der Waals surface area contributed by atoms with Gasteiger partial charge in [-0.2, -0.15) is 13.7 Å². The number of hydrogen-bond acceptors (Lipinski definition) is 5. The van der Waals surface area contributed by atoms with Gasteiger partial charge in [-0.25, -0.2) is 0 Å². The Morgan fingerprint density at radius 3 is 2.24 bits per heavy atom. The Morgan fingerprint density at radius 2 is 1.67 bits per heavy atom. The van der Waals surface area contributed by atoms with Gasteiger partial charge in [-0.1, -0.05) is 48.0 Å². The number of amides is 1. The normalized spacial score (nSPS) is 11.5. The molecule has 0 atom stereocenters. The lowest BCUT2D eigenvalue weighted by molar-refractivity contribution is -0.117. The largest absolute Gasteiger partial charge is 0.377 e. The average molecular weight is 590 g/mol. The molecular weight excluding hydrogens is 572 g/mol. The second-order valence-electron chi connectivity index (χ2n) is 7.00. The number of aryl methyl sites for hydroxylation is 1. The number of rotatable bonds is 7. The van der Waals surface area contributed by atoms with Crippen molar-refractivity contribution in [3.8, 4) is 11.8 Å². The minimum Gasteiger partial charge on any atom is -0.377 e. The van der Waals surface area contributed by atoms with Crippen LogP contribution in [-0.2, 0) is 21.5 Å². The Morgan fingerprint density at radius 1 is 1.06 bits per heavy atom. The molecule has 6 nitrogen and oxygen atoms in total. The third-order valence-electron chi connectivity index (χ3n) is 4.50. The molecule has 0 aromatic heterocycles. The quantitative estimate of drug-likeness (QED) is 0.223. The third kappa shape index (κ3) is 6.54. The van der Waals surface area contributed by atoms with Gasteiger partial charge in [-0.15, -0.1) is 0 Å². The Labute approximate surface area is 209 Å². The summed E-state index contributed by atoms with van der Waals surface area (Å²) in [5, 5.41) is 12.1. The molecule has 1 N–H and O–H groups in total. The number of carbonyl (C=O) groups is 1. The maximum absolute atomic E-state index is 12.6. The standard InChI is InChI=1S/C24H18Br2N2O4S/c1-16-7-9-20(10-8-16)33(30,31)32-23-21(25)12-18(13-22(23)26)11-19(14-27)24(29)28-15-17-5-3-2-4-6-17/h2-13H,15H2,1H3,(H,28,29)/b19-11+. The second-order valence-corrected chi connectivity index (χ2v) is 10.3. The number of halogens is 2. The first-order valence-electron chi connectivity index (χ1n) is 9.64. The minimum absolute atomic E-state index is 0.0257. The molecule has 3 aromatic carbocycles. The average Bonchev–Trinajstić information content (AvgIpc) is 2.79. The van der Waals surface area contributed by atoms with Crippen molar-refractivity contribution in [2.75, 3.05) is 0 Å². The number of nitriles is 1. The van der Waals surface area contributed by atoms with E-state index in [1.54, 1.807) is 24.3 Å². The van der Waals surface area contributed by atoms with Crippen LogP contribution in [0.4, 0.5) is 0 Å². The fourth-order valence-electron chi connectivity index (χ4n) is 2.79. The van der Waals surface area contributed by atoms with Crippen LogP contribution in [0.3, 0.4) is 0 Å². The molecule has 0 aliphatic heterocycles. The molecule has 0 radical (unpaired) electrons. The summed E-state index contributed by atoms with van der Waals surface area (Å²) < 4.78 is 31.3. The summed E-state index contributed by atoms with van der Waals surface area (Å²) >= 11 is 6.63. The van der Waals surface area contributed by atoms with Crippen molar-refractivity contribution in [3.05, 3.63) is 97.9 Å². The van der Waals surface area contributed by atoms with Crippen molar-refractivity contribution in [1.29, 1.82) is 5.26 Å². The molecule has 0 aliphatic carbocycles. The Balaban J connectivity index is 1.80. The first kappa shape index (κ1) is 24.7. The zero-order valence-corrected chi connectivity index (χ0v) is 21.4. The molecule has 9 heteroatoms. The van der Waals surface area contributed by atoms with Crippen molar-refractivity contribution in [1.82, 2.24) is 5.32 Å². The van der Waals surface area contributed by atoms with Crippen molar-refractivity contribution in [3.63, 3.8) is 0 Å². The zero-order valence-electron chi connectivity index (χ0n) is 17.4. The van der Waals surface area contributed by atoms with E-state index >= 15 is 0 Å². The fourth-order valence-corrected chi connectivity index (χ4v) is 5.36. The van der Waals surface area contributed by atoms with Crippen LogP contribution in [0.15, 0.2) is 86.1 Å². The lowest BCUT2D eigenvalue weighted by Crippen LogP contribution is -2.23. The molecular formula is C24H18Br2N2O4S. The van der Waals surface area contributed by atoms with Crippen LogP contribution in [0.25, 0.3) is 6.08 Å². The maximum Gasteiger partial charge on any atom is 0.339 e. The van der Waals surface area contributed by atoms with Crippen LogP contribution in [0.2, 0.25) is 0 Å². The summed E-state index contributed by atoms with van der Waals surface area (Å²) in [6, 6.07) is 20.7. The van der Waals surface area contributed by atoms with Gasteiger partial charge in [0, 0.05) is 6.54 Å². The second kappa shape index (κ2) is 10.8. The maximum atomic E-state index is 12.6. The third-order valence-corrected chi connectivity index (χ3v) is 6.91. The van der Waals surface area contributed by atoms with Crippen LogP contribution in [-0.4, -0.2) is 14.3 Å². The van der Waals surface area contributed by atoms with Crippen molar-refractivity contribution < 1.29 is 17.4 Å². The van der Waals surface area contributed by atoms with Gasteiger partial charge >= 0.3 is 10.1 Å². The smallest absolute Gasteiger partial charge is 0.339 e. The van der Waals surface area contributed by atoms with E-state index in [4.69, 9.17) is 4.18 Å². The lowest BCUT2D eigenvalue weighted by atomic mass is 10.1. The lowest BCUT2D eigenvalue weighted by Gasteiger charge is -2.12. The summed E-state index contributed by atoms with van der Waals surface area (Å²) in [4.78, 5) is 12.5. The number of nitrogens with one attached hydrogen (secondary N) is 1. The van der Waals surface area contributed by atoms with Gasteiger partial charge in [0.2, 0.25) is 0 Å². The molecule has 3 rings (SSSR count). The topological polar surface area (TPSA) is 96.3 Å². The van der Waals surface area contributed by atoms with Crippen molar-refractivity contribution in [2.45, 2.75) is 18.4 Å². The number of benzene rings is 3. The highest BCUT2D eigenvalue weighted by molar-refractivity contribution is 9.11. The summed E-state index contributed by atoms with van der Waals surface area (Å²) in [7, 11) is -4.05. The molecule has 0 heterocycles. The van der Waals surface area contributed by atoms with E-state index < -0.39 is 16.0 Å². The highest BCUT2D eigenvalue weighted by Crippen LogP contribution is 2.37. The van der Waals surface area contributed by atoms with E-state index in [0.717, 1.165) is 11.1 Å². The highest BCUT2D eigenvalue weighted by atomic mass is 79.9. The number of carbonyl (C=O) groups excluding carboxylic acids is 1. The SMILES string of the molecule is Cc1ccc(S(=O)(=O)Oc2c(Br)cc(/C=C(\C#N)C(=O)NCc3ccccc3)cc2Br)cc1. The van der Waals surface area contributed by atoms with Gasteiger partial charge in [0.05, 0.1) is 8.95 Å². The predicted molar refractivity (Wildman–Crippen MR) is 133 cm³/mol. The van der Waals surface area contributed by atoms with E-state index in [-0.39, 0.29) is 22.8 Å². The van der Waals surface area contributed by atoms with Crippen LogP contribution >= 0.6 is 31.9 Å². The summed E-state index contributed by atoms with van der Waals surface area (Å²) in [5.41, 5.74) is 2.24. The molecule has 0 saturated carbocycles. The first-order valence-corrected chi connectivity index (χ1v) is 12.6. The molecule has 0 bridgehead atoms. The molecule has 0 spiro atoms. The van der Waals surface area contributed by atoms with Gasteiger partial charge in [-0.05, 0) is 80.3 Å². The summed E-state index contributed by atoms with van der Waals surface area (Å²) in [5.74, 6) is -0.462. The molecule has 1 amide bonds. The Bertz CT molecular complexity index is 1320. The first-order chi connectivity index (χ1) is 15.7.